The molecule has 1 aliphatic heterocycles. The van der Waals surface area contributed by atoms with E-state index in [2.05, 4.69) is 5.10 Å². The number of amides is 1. The molecule has 32 heavy (non-hydrogen) atoms. The molecule has 2 fully saturated rings. The average Bonchev–Trinajstić information content (AvgIpc) is 3.53. The molecule has 1 aliphatic carbocycles. The summed E-state index contributed by atoms with van der Waals surface area (Å²) in [6, 6.07) is 8.87. The van der Waals surface area contributed by atoms with Gasteiger partial charge in [-0.05, 0) is 31.4 Å². The van der Waals surface area contributed by atoms with Gasteiger partial charge in [-0.3, -0.25) is 4.79 Å². The minimum absolute atomic E-state index is 0.00803. The highest BCUT2D eigenvalue weighted by molar-refractivity contribution is 7.91. The lowest BCUT2D eigenvalue weighted by molar-refractivity contribution is -0.139. The molecule has 1 saturated heterocycles. The van der Waals surface area contributed by atoms with Crippen molar-refractivity contribution in [3.63, 3.8) is 0 Å². The number of ether oxygens (including phenoxy) is 2. The van der Waals surface area contributed by atoms with Crippen LogP contribution in [0.25, 0.3) is 5.69 Å². The smallest absolute Gasteiger partial charge is 0.363 e. The molecule has 4 rings (SSSR count). The SMILES string of the molecule is COc1cn(-c2ccccc2)nc1C(=O)OCC(=O)N(C1CCCC1)C1CCS(=O)(=O)C1. The van der Waals surface area contributed by atoms with Gasteiger partial charge in [0.15, 0.2) is 22.2 Å². The Kier molecular flexibility index (Phi) is 6.50. The molecule has 1 unspecified atom stereocenters. The van der Waals surface area contributed by atoms with Crippen LogP contribution >= 0.6 is 0 Å². The molecule has 0 radical (unpaired) electrons. The first kappa shape index (κ1) is 22.3. The lowest BCUT2D eigenvalue weighted by Gasteiger charge is -2.33. The number of nitrogens with zero attached hydrogens (tertiary/aromatic N) is 3. The number of para-hydroxylation sites is 1. The molecule has 1 aromatic carbocycles. The topological polar surface area (TPSA) is 108 Å². The van der Waals surface area contributed by atoms with Crippen LogP contribution in [0.1, 0.15) is 42.6 Å². The summed E-state index contributed by atoms with van der Waals surface area (Å²) in [6.07, 6.45) is 5.68. The van der Waals surface area contributed by atoms with E-state index in [4.69, 9.17) is 9.47 Å². The maximum atomic E-state index is 13.0. The number of hydrogen-bond donors (Lipinski definition) is 0. The molecule has 2 aliphatic rings. The highest BCUT2D eigenvalue weighted by Crippen LogP contribution is 2.29. The number of aromatic nitrogens is 2. The highest BCUT2D eigenvalue weighted by atomic mass is 32.2. The van der Waals surface area contributed by atoms with E-state index in [1.807, 2.05) is 30.3 Å². The van der Waals surface area contributed by atoms with Crippen LogP contribution in [0.2, 0.25) is 0 Å². The van der Waals surface area contributed by atoms with Gasteiger partial charge < -0.3 is 14.4 Å². The third-order valence-corrected chi connectivity index (χ3v) is 7.80. The van der Waals surface area contributed by atoms with Crippen LogP contribution in [-0.2, 0) is 19.4 Å². The van der Waals surface area contributed by atoms with Crippen molar-refractivity contribution in [1.82, 2.24) is 14.7 Å². The molecule has 0 bridgehead atoms. The lowest BCUT2D eigenvalue weighted by Crippen LogP contribution is -2.48. The van der Waals surface area contributed by atoms with Crippen LogP contribution in [0.5, 0.6) is 5.75 Å². The molecule has 10 heteroatoms. The van der Waals surface area contributed by atoms with Gasteiger partial charge in [0, 0.05) is 12.1 Å². The number of hydrogen-bond acceptors (Lipinski definition) is 7. The second kappa shape index (κ2) is 9.32. The Hall–Kier alpha value is -2.88. The average molecular weight is 462 g/mol. The van der Waals surface area contributed by atoms with Crippen molar-refractivity contribution in [2.45, 2.75) is 44.2 Å². The van der Waals surface area contributed by atoms with E-state index in [-0.39, 0.29) is 40.9 Å². The normalized spacial score (nSPS) is 20.2. The summed E-state index contributed by atoms with van der Waals surface area (Å²) in [5.74, 6) is -0.842. The van der Waals surface area contributed by atoms with Gasteiger partial charge in [-0.2, -0.15) is 5.10 Å². The van der Waals surface area contributed by atoms with E-state index in [0.717, 1.165) is 31.4 Å². The molecular weight excluding hydrogens is 434 g/mol. The van der Waals surface area contributed by atoms with E-state index in [0.29, 0.717) is 6.42 Å². The molecule has 9 nitrogen and oxygen atoms in total. The third kappa shape index (κ3) is 4.79. The predicted octanol–water partition coefficient (Wildman–Crippen LogP) is 2.00. The number of benzene rings is 1. The van der Waals surface area contributed by atoms with E-state index in [9.17, 15) is 18.0 Å². The molecule has 1 amide bonds. The van der Waals surface area contributed by atoms with Gasteiger partial charge in [-0.1, -0.05) is 31.0 Å². The predicted molar refractivity (Wildman–Crippen MR) is 117 cm³/mol. The standard InChI is InChI=1S/C22H27N3O6S/c1-30-19-13-24(16-7-3-2-4-8-16)23-21(19)22(27)31-14-20(26)25(17-9-5-6-10-17)18-11-12-32(28,29)15-18/h2-4,7-8,13,17-18H,5-6,9-12,14-15H2,1H3. The van der Waals surface area contributed by atoms with Crippen molar-refractivity contribution in [3.05, 3.63) is 42.2 Å². The van der Waals surface area contributed by atoms with E-state index in [1.165, 1.54) is 11.8 Å². The van der Waals surface area contributed by atoms with Crippen molar-refractivity contribution in [3.8, 4) is 11.4 Å². The van der Waals surface area contributed by atoms with Gasteiger partial charge in [0.25, 0.3) is 5.91 Å². The summed E-state index contributed by atoms with van der Waals surface area (Å²) in [6.45, 7) is -0.465. The zero-order chi connectivity index (χ0) is 22.7. The van der Waals surface area contributed by atoms with Crippen molar-refractivity contribution < 1.29 is 27.5 Å². The first-order chi connectivity index (χ1) is 15.4. The van der Waals surface area contributed by atoms with E-state index >= 15 is 0 Å². The van der Waals surface area contributed by atoms with Crippen LogP contribution in [0, 0.1) is 0 Å². The van der Waals surface area contributed by atoms with Crippen molar-refractivity contribution in [1.29, 1.82) is 0 Å². The highest BCUT2D eigenvalue weighted by Gasteiger charge is 2.39. The van der Waals surface area contributed by atoms with Gasteiger partial charge in [0.2, 0.25) is 5.69 Å². The fourth-order valence-corrected chi connectivity index (χ4v) is 6.23. The first-order valence-corrected chi connectivity index (χ1v) is 12.6. The fraction of sp³-hybridized carbons (Fsp3) is 0.500. The maximum absolute atomic E-state index is 13.0. The number of rotatable bonds is 7. The van der Waals surface area contributed by atoms with Crippen LogP contribution in [0.15, 0.2) is 36.5 Å². The Labute approximate surface area is 187 Å². The Balaban J connectivity index is 1.46. The number of carbonyl (C=O) groups is 2. The summed E-state index contributed by atoms with van der Waals surface area (Å²) < 4.78 is 36.0. The summed E-state index contributed by atoms with van der Waals surface area (Å²) >= 11 is 0. The molecule has 0 N–H and O–H groups in total. The monoisotopic (exact) mass is 461 g/mol. The van der Waals surface area contributed by atoms with Gasteiger partial charge in [-0.15, -0.1) is 0 Å². The van der Waals surface area contributed by atoms with Crippen LogP contribution in [0.4, 0.5) is 0 Å². The minimum atomic E-state index is -3.14. The summed E-state index contributed by atoms with van der Waals surface area (Å²) in [5, 5.41) is 4.26. The second-order valence-electron chi connectivity index (χ2n) is 8.20. The summed E-state index contributed by atoms with van der Waals surface area (Å²) in [4.78, 5) is 27.4. The molecular formula is C22H27N3O6S. The van der Waals surface area contributed by atoms with Crippen molar-refractivity contribution in [2.75, 3.05) is 25.2 Å². The zero-order valence-corrected chi connectivity index (χ0v) is 18.8. The summed E-state index contributed by atoms with van der Waals surface area (Å²) in [7, 11) is -1.71. The maximum Gasteiger partial charge on any atom is 0.363 e. The van der Waals surface area contributed by atoms with Crippen LogP contribution in [-0.4, -0.2) is 72.3 Å². The number of esters is 1. The first-order valence-electron chi connectivity index (χ1n) is 10.8. The van der Waals surface area contributed by atoms with E-state index in [1.54, 1.807) is 11.1 Å². The van der Waals surface area contributed by atoms with Crippen molar-refractivity contribution in [2.24, 2.45) is 0 Å². The molecule has 2 heterocycles. The fourth-order valence-electron chi connectivity index (χ4n) is 4.51. The molecule has 2 aromatic rings. The number of sulfone groups is 1. The van der Waals surface area contributed by atoms with Crippen LogP contribution in [0.3, 0.4) is 0 Å². The molecule has 172 valence electrons. The Morgan fingerprint density at radius 1 is 1.12 bits per heavy atom. The number of methoxy groups -OCH3 is 1. The zero-order valence-electron chi connectivity index (χ0n) is 18.0. The molecule has 1 atom stereocenters. The summed E-state index contributed by atoms with van der Waals surface area (Å²) in [5.41, 5.74) is 0.718. The van der Waals surface area contributed by atoms with E-state index < -0.39 is 22.4 Å². The Bertz CT molecular complexity index is 1080. The molecule has 0 spiro atoms. The number of carbonyl (C=O) groups excluding carboxylic acids is 2. The Morgan fingerprint density at radius 3 is 2.47 bits per heavy atom. The van der Waals surface area contributed by atoms with Gasteiger partial charge >= 0.3 is 5.97 Å². The quantitative estimate of drug-likeness (QED) is 0.580. The third-order valence-electron chi connectivity index (χ3n) is 6.05. The van der Waals surface area contributed by atoms with Gasteiger partial charge in [0.05, 0.1) is 30.5 Å². The van der Waals surface area contributed by atoms with Gasteiger partial charge in [0.1, 0.15) is 0 Å². The molecule has 1 saturated carbocycles. The lowest BCUT2D eigenvalue weighted by atomic mass is 10.1. The Morgan fingerprint density at radius 2 is 1.84 bits per heavy atom. The molecule has 1 aromatic heterocycles. The van der Waals surface area contributed by atoms with Crippen LogP contribution < -0.4 is 4.74 Å². The van der Waals surface area contributed by atoms with Gasteiger partial charge in [-0.25, -0.2) is 17.9 Å². The second-order valence-corrected chi connectivity index (χ2v) is 10.4. The van der Waals surface area contributed by atoms with Crippen molar-refractivity contribution >= 4 is 21.7 Å². The largest absolute Gasteiger partial charge is 0.493 e. The minimum Gasteiger partial charge on any atom is -0.493 e.